The van der Waals surface area contributed by atoms with Crippen LogP contribution < -0.4 is 5.32 Å². The lowest BCUT2D eigenvalue weighted by molar-refractivity contribution is 0.632. The van der Waals surface area contributed by atoms with Crippen molar-refractivity contribution >= 4 is 34.5 Å². The zero-order valence-electron chi connectivity index (χ0n) is 9.41. The molecule has 0 aliphatic rings. The quantitative estimate of drug-likeness (QED) is 0.855. The average Bonchev–Trinajstić information content (AvgIpc) is 2.84. The first kappa shape index (κ1) is 12.9. The maximum atomic E-state index is 6.27. The summed E-state index contributed by atoms with van der Waals surface area (Å²) in [4.78, 5) is 0. The Hall–Kier alpha value is -0.540. The van der Waals surface area contributed by atoms with E-state index < -0.39 is 0 Å². The second-order valence-electron chi connectivity index (χ2n) is 3.69. The summed E-state index contributed by atoms with van der Waals surface area (Å²) in [6.07, 6.45) is 0. The topological polar surface area (TPSA) is 12.0 Å². The van der Waals surface area contributed by atoms with Crippen molar-refractivity contribution < 1.29 is 0 Å². The van der Waals surface area contributed by atoms with Gasteiger partial charge in [0.25, 0.3) is 0 Å². The summed E-state index contributed by atoms with van der Waals surface area (Å²) in [7, 11) is 0. The van der Waals surface area contributed by atoms with Gasteiger partial charge >= 0.3 is 0 Å². The fourth-order valence-electron chi connectivity index (χ4n) is 1.79. The maximum Gasteiger partial charge on any atom is 0.0643 e. The van der Waals surface area contributed by atoms with Crippen LogP contribution in [0.5, 0.6) is 0 Å². The van der Waals surface area contributed by atoms with E-state index >= 15 is 0 Å². The summed E-state index contributed by atoms with van der Waals surface area (Å²) >= 11 is 14.0. The Kier molecular flexibility index (Phi) is 4.46. The lowest BCUT2D eigenvalue weighted by atomic mass is 10.0. The minimum Gasteiger partial charge on any atom is -0.306 e. The molecule has 90 valence electrons. The first-order valence-corrected chi connectivity index (χ1v) is 7.13. The normalized spacial score (nSPS) is 12.6. The highest BCUT2D eigenvalue weighted by Crippen LogP contribution is 2.33. The second-order valence-corrected chi connectivity index (χ2v) is 5.26. The molecule has 1 aromatic carbocycles. The number of halogens is 2. The van der Waals surface area contributed by atoms with Crippen LogP contribution in [0.1, 0.15) is 24.1 Å². The van der Waals surface area contributed by atoms with Crippen LogP contribution in [0.2, 0.25) is 10.0 Å². The number of nitrogens with one attached hydrogen (secondary N) is 1. The fraction of sp³-hybridized carbons (Fsp3) is 0.231. The van der Waals surface area contributed by atoms with Crippen LogP contribution in [0.3, 0.4) is 0 Å². The van der Waals surface area contributed by atoms with Crippen molar-refractivity contribution in [3.8, 4) is 0 Å². The summed E-state index contributed by atoms with van der Waals surface area (Å²) < 4.78 is 0. The summed E-state index contributed by atoms with van der Waals surface area (Å²) in [6.45, 7) is 2.96. The smallest absolute Gasteiger partial charge is 0.0643 e. The predicted molar refractivity (Wildman–Crippen MR) is 76.3 cm³/mol. The molecule has 1 unspecified atom stereocenters. The van der Waals surface area contributed by atoms with Gasteiger partial charge in [-0.25, -0.2) is 0 Å². The Morgan fingerprint density at radius 3 is 2.76 bits per heavy atom. The third kappa shape index (κ3) is 2.83. The van der Waals surface area contributed by atoms with Crippen molar-refractivity contribution in [3.63, 3.8) is 0 Å². The molecule has 0 bridgehead atoms. The summed E-state index contributed by atoms with van der Waals surface area (Å²) in [5, 5.41) is 8.86. The molecule has 0 fully saturated rings. The molecule has 17 heavy (non-hydrogen) atoms. The van der Waals surface area contributed by atoms with Crippen molar-refractivity contribution in [1.82, 2.24) is 5.32 Å². The zero-order chi connectivity index (χ0) is 12.3. The molecule has 2 aromatic rings. The molecule has 0 aliphatic heterocycles. The van der Waals surface area contributed by atoms with Gasteiger partial charge in [0.1, 0.15) is 0 Å². The minimum atomic E-state index is 0.109. The van der Waals surface area contributed by atoms with Crippen LogP contribution in [-0.4, -0.2) is 6.54 Å². The third-order valence-corrected chi connectivity index (χ3v) is 4.11. The van der Waals surface area contributed by atoms with Crippen LogP contribution in [0.4, 0.5) is 0 Å². The molecule has 2 rings (SSSR count). The Morgan fingerprint density at radius 2 is 2.12 bits per heavy atom. The average molecular weight is 286 g/mol. The van der Waals surface area contributed by atoms with E-state index in [4.69, 9.17) is 23.2 Å². The first-order valence-electron chi connectivity index (χ1n) is 5.43. The number of hydrogen-bond donors (Lipinski definition) is 1. The summed E-state index contributed by atoms with van der Waals surface area (Å²) in [5.41, 5.74) is 2.25. The molecule has 0 aliphatic carbocycles. The molecule has 1 atom stereocenters. The lowest BCUT2D eigenvalue weighted by Crippen LogP contribution is -2.21. The number of rotatable bonds is 4. The molecular formula is C13H13Cl2NS. The van der Waals surface area contributed by atoms with Crippen molar-refractivity contribution in [2.45, 2.75) is 13.0 Å². The van der Waals surface area contributed by atoms with Crippen LogP contribution >= 0.6 is 34.5 Å². The van der Waals surface area contributed by atoms with E-state index in [1.807, 2.05) is 18.2 Å². The van der Waals surface area contributed by atoms with Crippen molar-refractivity contribution in [2.75, 3.05) is 6.54 Å². The Morgan fingerprint density at radius 1 is 1.29 bits per heavy atom. The van der Waals surface area contributed by atoms with Crippen molar-refractivity contribution in [2.24, 2.45) is 0 Å². The van der Waals surface area contributed by atoms with Crippen LogP contribution in [0, 0.1) is 0 Å². The summed E-state index contributed by atoms with van der Waals surface area (Å²) in [5.74, 6) is 0. The van der Waals surface area contributed by atoms with Gasteiger partial charge in [0.2, 0.25) is 0 Å². The van der Waals surface area contributed by atoms with Gasteiger partial charge < -0.3 is 5.32 Å². The molecule has 0 spiro atoms. The van der Waals surface area contributed by atoms with Gasteiger partial charge in [-0.1, -0.05) is 42.3 Å². The van der Waals surface area contributed by atoms with Gasteiger partial charge in [-0.15, -0.1) is 0 Å². The number of hydrogen-bond acceptors (Lipinski definition) is 2. The Labute approximate surface area is 115 Å². The molecule has 0 saturated heterocycles. The molecule has 0 radical (unpaired) electrons. The maximum absolute atomic E-state index is 6.27. The van der Waals surface area contributed by atoms with Crippen molar-refractivity contribution in [3.05, 3.63) is 56.2 Å². The molecule has 4 heteroatoms. The zero-order valence-corrected chi connectivity index (χ0v) is 11.7. The minimum absolute atomic E-state index is 0.109. The second kappa shape index (κ2) is 5.87. The van der Waals surface area contributed by atoms with Gasteiger partial charge in [-0.3, -0.25) is 0 Å². The van der Waals surface area contributed by atoms with E-state index in [9.17, 15) is 0 Å². The molecule has 1 nitrogen and oxygen atoms in total. The van der Waals surface area contributed by atoms with Crippen molar-refractivity contribution in [1.29, 1.82) is 0 Å². The molecule has 1 N–H and O–H groups in total. The fourth-order valence-corrected chi connectivity index (χ4v) is 2.90. The lowest BCUT2D eigenvalue weighted by Gasteiger charge is -2.19. The standard InChI is InChI=1S/C13H13Cl2NS/c1-2-16-13(9-6-7-17-8-9)10-4-3-5-11(14)12(10)15/h3-8,13,16H,2H2,1H3. The first-order chi connectivity index (χ1) is 8.24. The van der Waals surface area contributed by atoms with E-state index in [0.717, 1.165) is 12.1 Å². The highest BCUT2D eigenvalue weighted by atomic mass is 35.5. The molecule has 1 heterocycles. The van der Waals surface area contributed by atoms with Gasteiger partial charge in [-0.05, 0) is 40.6 Å². The van der Waals surface area contributed by atoms with E-state index in [1.54, 1.807) is 11.3 Å². The van der Waals surface area contributed by atoms with E-state index in [2.05, 4.69) is 29.1 Å². The van der Waals surface area contributed by atoms with Crippen LogP contribution in [0.15, 0.2) is 35.0 Å². The predicted octanol–water partition coefficient (Wildman–Crippen LogP) is 4.75. The van der Waals surface area contributed by atoms with Gasteiger partial charge in [-0.2, -0.15) is 11.3 Å². The van der Waals surface area contributed by atoms with Crippen LogP contribution in [-0.2, 0) is 0 Å². The Balaban J connectivity index is 2.43. The SMILES string of the molecule is CCNC(c1ccsc1)c1cccc(Cl)c1Cl. The van der Waals surface area contributed by atoms with Gasteiger partial charge in [0, 0.05) is 0 Å². The highest BCUT2D eigenvalue weighted by Gasteiger charge is 2.17. The van der Waals surface area contributed by atoms with Gasteiger partial charge in [0.05, 0.1) is 16.1 Å². The molecule has 0 saturated carbocycles. The number of benzene rings is 1. The highest BCUT2D eigenvalue weighted by molar-refractivity contribution is 7.08. The monoisotopic (exact) mass is 285 g/mol. The summed E-state index contributed by atoms with van der Waals surface area (Å²) in [6, 6.07) is 7.97. The van der Waals surface area contributed by atoms with E-state index in [1.165, 1.54) is 5.56 Å². The third-order valence-electron chi connectivity index (χ3n) is 2.58. The molecule has 0 amide bonds. The van der Waals surface area contributed by atoms with Crippen LogP contribution in [0.25, 0.3) is 0 Å². The largest absolute Gasteiger partial charge is 0.306 e. The van der Waals surface area contributed by atoms with Gasteiger partial charge in [0.15, 0.2) is 0 Å². The van der Waals surface area contributed by atoms with E-state index in [0.29, 0.717) is 10.0 Å². The number of thiophene rings is 1. The molecule has 1 aromatic heterocycles. The Bertz CT molecular complexity index is 482. The molecular weight excluding hydrogens is 273 g/mol. The van der Waals surface area contributed by atoms with E-state index in [-0.39, 0.29) is 6.04 Å².